The Bertz CT molecular complexity index is 1630. The molecule has 0 saturated carbocycles. The van der Waals surface area contributed by atoms with Crippen LogP contribution >= 0.6 is 0 Å². The normalized spacial score (nSPS) is 23.0. The molecule has 3 aliphatic rings. The topological polar surface area (TPSA) is 95.5 Å². The molecule has 3 fully saturated rings. The summed E-state index contributed by atoms with van der Waals surface area (Å²) in [6.07, 6.45) is 5.19. The Balaban J connectivity index is 0.985. The average Bonchev–Trinajstić information content (AvgIpc) is 3.82. The van der Waals surface area contributed by atoms with Gasteiger partial charge < -0.3 is 34.9 Å². The number of ether oxygens (including phenoxy) is 3. The highest BCUT2D eigenvalue weighted by Gasteiger charge is 2.36. The standard InChI is InChI=1S/C40H46N4O5/c45-28-29-10-12-30(13-11-29)38-25-37(27-44-24-6-7-34(44)26-43-22-4-5-23-43)48-39(49-38)31-14-16-32(17-15-31)41-40(46)42-33-18-20-36(21-19-33)47-35-8-2-1-3-9-35/h1-3,8-21,34,37-39,45H,4-7,22-28H2,(H2,41,42,46)/t34-,37+,38-,39-/m0/s1. The third-order valence-electron chi connectivity index (χ3n) is 9.75. The predicted octanol–water partition coefficient (Wildman–Crippen LogP) is 7.72. The van der Waals surface area contributed by atoms with Crippen LogP contribution in [0, 0.1) is 0 Å². The quantitative estimate of drug-likeness (QED) is 0.151. The molecule has 256 valence electrons. The van der Waals surface area contributed by atoms with Crippen molar-refractivity contribution >= 4 is 17.4 Å². The number of hydrogen-bond acceptors (Lipinski definition) is 7. The molecule has 3 aliphatic heterocycles. The van der Waals surface area contributed by atoms with Crippen molar-refractivity contribution in [3.63, 3.8) is 0 Å². The maximum atomic E-state index is 12.8. The van der Waals surface area contributed by atoms with Gasteiger partial charge in [0.1, 0.15) is 11.5 Å². The van der Waals surface area contributed by atoms with Crippen LogP contribution in [-0.4, -0.2) is 65.8 Å². The highest BCUT2D eigenvalue weighted by molar-refractivity contribution is 5.99. The Hall–Kier alpha value is -4.25. The van der Waals surface area contributed by atoms with Gasteiger partial charge in [-0.2, -0.15) is 0 Å². The molecule has 0 aliphatic carbocycles. The lowest BCUT2D eigenvalue weighted by Crippen LogP contribution is -2.45. The lowest BCUT2D eigenvalue weighted by atomic mass is 9.99. The summed E-state index contributed by atoms with van der Waals surface area (Å²) >= 11 is 0. The molecule has 3 N–H and O–H groups in total. The number of anilines is 2. The van der Waals surface area contributed by atoms with Crippen molar-refractivity contribution in [1.82, 2.24) is 9.80 Å². The number of para-hydroxylation sites is 1. The van der Waals surface area contributed by atoms with Crippen LogP contribution in [0.2, 0.25) is 0 Å². The Morgan fingerprint density at radius 3 is 2.08 bits per heavy atom. The van der Waals surface area contributed by atoms with Crippen LogP contribution in [0.4, 0.5) is 16.2 Å². The van der Waals surface area contributed by atoms with E-state index in [1.54, 1.807) is 12.1 Å². The molecule has 49 heavy (non-hydrogen) atoms. The van der Waals surface area contributed by atoms with Crippen LogP contribution < -0.4 is 15.4 Å². The van der Waals surface area contributed by atoms with Crippen LogP contribution in [0.15, 0.2) is 103 Å². The lowest BCUT2D eigenvalue weighted by molar-refractivity contribution is -0.253. The molecule has 3 heterocycles. The first kappa shape index (κ1) is 33.3. The lowest BCUT2D eigenvalue weighted by Gasteiger charge is -2.39. The van der Waals surface area contributed by atoms with Crippen molar-refractivity contribution in [2.45, 2.75) is 63.3 Å². The fraction of sp³-hybridized carbons (Fsp3) is 0.375. The minimum absolute atomic E-state index is 0.00788. The molecule has 7 rings (SSSR count). The third-order valence-corrected chi connectivity index (χ3v) is 9.75. The summed E-state index contributed by atoms with van der Waals surface area (Å²) < 4.78 is 19.1. The molecular formula is C40H46N4O5. The number of aliphatic hydroxyl groups excluding tert-OH is 1. The number of nitrogens with one attached hydrogen (secondary N) is 2. The summed E-state index contributed by atoms with van der Waals surface area (Å²) in [5.41, 5.74) is 4.18. The molecule has 4 aromatic carbocycles. The van der Waals surface area contributed by atoms with Gasteiger partial charge in [0.25, 0.3) is 0 Å². The Kier molecular flexibility index (Phi) is 10.8. The van der Waals surface area contributed by atoms with Crippen molar-refractivity contribution < 1.29 is 24.1 Å². The van der Waals surface area contributed by atoms with E-state index in [-0.39, 0.29) is 24.8 Å². The van der Waals surface area contributed by atoms with Crippen molar-refractivity contribution in [2.75, 3.05) is 43.4 Å². The Labute approximate surface area is 288 Å². The van der Waals surface area contributed by atoms with E-state index in [2.05, 4.69) is 32.6 Å². The number of rotatable bonds is 11. The van der Waals surface area contributed by atoms with Crippen molar-refractivity contribution in [2.24, 2.45) is 0 Å². The van der Waals surface area contributed by atoms with Gasteiger partial charge in [-0.1, -0.05) is 54.6 Å². The predicted molar refractivity (Wildman–Crippen MR) is 191 cm³/mol. The van der Waals surface area contributed by atoms with E-state index in [4.69, 9.17) is 14.2 Å². The molecule has 4 atom stereocenters. The number of hydrogen-bond donors (Lipinski definition) is 3. The van der Waals surface area contributed by atoms with Gasteiger partial charge in [0.2, 0.25) is 0 Å². The maximum Gasteiger partial charge on any atom is 0.323 e. The fourth-order valence-electron chi connectivity index (χ4n) is 7.15. The monoisotopic (exact) mass is 662 g/mol. The zero-order valence-electron chi connectivity index (χ0n) is 27.9. The molecule has 3 saturated heterocycles. The van der Waals surface area contributed by atoms with E-state index >= 15 is 0 Å². The number of carbonyl (C=O) groups excluding carboxylic acids is 1. The Morgan fingerprint density at radius 2 is 1.39 bits per heavy atom. The van der Waals surface area contributed by atoms with Crippen LogP contribution in [0.1, 0.15) is 61.2 Å². The second-order valence-electron chi connectivity index (χ2n) is 13.3. The van der Waals surface area contributed by atoms with Gasteiger partial charge in [-0.15, -0.1) is 0 Å². The SMILES string of the molecule is O=C(Nc1ccc(Oc2ccccc2)cc1)Nc1ccc([C@H]2O[C@@H](CN3CCC[C@H]3CN3CCCC3)C[C@@H](c3ccc(CO)cc3)O2)cc1. The number of carbonyl (C=O) groups is 1. The zero-order valence-corrected chi connectivity index (χ0v) is 27.9. The van der Waals surface area contributed by atoms with E-state index in [0.29, 0.717) is 23.2 Å². The number of aliphatic hydroxyl groups is 1. The van der Waals surface area contributed by atoms with Gasteiger partial charge in [0.05, 0.1) is 18.8 Å². The van der Waals surface area contributed by atoms with E-state index in [1.165, 1.54) is 38.8 Å². The largest absolute Gasteiger partial charge is 0.457 e. The minimum atomic E-state index is -0.541. The van der Waals surface area contributed by atoms with Crippen molar-refractivity contribution in [3.05, 3.63) is 120 Å². The van der Waals surface area contributed by atoms with E-state index in [1.807, 2.05) is 78.9 Å². The highest BCUT2D eigenvalue weighted by atomic mass is 16.7. The van der Waals surface area contributed by atoms with Crippen LogP contribution in [-0.2, 0) is 16.1 Å². The number of amides is 2. The summed E-state index contributed by atoms with van der Waals surface area (Å²) in [6, 6.07) is 32.7. The molecule has 0 radical (unpaired) electrons. The first-order valence-corrected chi connectivity index (χ1v) is 17.6. The molecule has 0 bridgehead atoms. The Morgan fingerprint density at radius 1 is 0.735 bits per heavy atom. The van der Waals surface area contributed by atoms with Crippen molar-refractivity contribution in [3.8, 4) is 11.5 Å². The van der Waals surface area contributed by atoms with Gasteiger partial charge in [0.15, 0.2) is 6.29 Å². The van der Waals surface area contributed by atoms with E-state index in [0.717, 1.165) is 48.5 Å². The molecular weight excluding hydrogens is 616 g/mol. The van der Waals surface area contributed by atoms with Crippen LogP contribution in [0.5, 0.6) is 11.5 Å². The minimum Gasteiger partial charge on any atom is -0.457 e. The number of urea groups is 1. The summed E-state index contributed by atoms with van der Waals surface area (Å²) in [5, 5.41) is 15.4. The van der Waals surface area contributed by atoms with Crippen molar-refractivity contribution in [1.29, 1.82) is 0 Å². The molecule has 9 nitrogen and oxygen atoms in total. The number of likely N-dealkylation sites (tertiary alicyclic amines) is 2. The van der Waals surface area contributed by atoms with Gasteiger partial charge in [-0.25, -0.2) is 4.79 Å². The second kappa shape index (κ2) is 16.0. The highest BCUT2D eigenvalue weighted by Crippen LogP contribution is 2.39. The van der Waals surface area contributed by atoms with E-state index in [9.17, 15) is 9.90 Å². The summed E-state index contributed by atoms with van der Waals surface area (Å²) in [6.45, 7) is 5.58. The maximum absolute atomic E-state index is 12.8. The van der Waals surface area contributed by atoms with E-state index < -0.39 is 6.29 Å². The molecule has 0 unspecified atom stereocenters. The fourth-order valence-corrected chi connectivity index (χ4v) is 7.15. The molecule has 2 amide bonds. The van der Waals surface area contributed by atoms with Gasteiger partial charge in [-0.3, -0.25) is 4.90 Å². The number of benzene rings is 4. The molecule has 4 aromatic rings. The zero-order chi connectivity index (χ0) is 33.4. The van der Waals surface area contributed by atoms with Gasteiger partial charge >= 0.3 is 6.03 Å². The molecule has 0 spiro atoms. The first-order chi connectivity index (χ1) is 24.1. The molecule has 0 aromatic heterocycles. The smallest absolute Gasteiger partial charge is 0.323 e. The second-order valence-corrected chi connectivity index (χ2v) is 13.3. The summed E-state index contributed by atoms with van der Waals surface area (Å²) in [5.74, 6) is 1.44. The molecule has 9 heteroatoms. The van der Waals surface area contributed by atoms with Crippen LogP contribution in [0.3, 0.4) is 0 Å². The first-order valence-electron chi connectivity index (χ1n) is 17.6. The van der Waals surface area contributed by atoms with Crippen LogP contribution in [0.25, 0.3) is 0 Å². The third kappa shape index (κ3) is 8.86. The summed E-state index contributed by atoms with van der Waals surface area (Å²) in [7, 11) is 0. The number of nitrogens with zero attached hydrogens (tertiary/aromatic N) is 2. The average molecular weight is 663 g/mol. The van der Waals surface area contributed by atoms with Gasteiger partial charge in [-0.05, 0) is 105 Å². The summed E-state index contributed by atoms with van der Waals surface area (Å²) in [4.78, 5) is 18.1. The van der Waals surface area contributed by atoms with Gasteiger partial charge in [0, 0.05) is 42.5 Å².